The predicted octanol–water partition coefficient (Wildman–Crippen LogP) is 3.04. The van der Waals surface area contributed by atoms with Crippen molar-refractivity contribution < 1.29 is 22.8 Å². The minimum Gasteiger partial charge on any atom is -0.344 e. The molecule has 3 rings (SSSR count). The van der Waals surface area contributed by atoms with Crippen LogP contribution in [0.2, 0.25) is 0 Å². The molecule has 1 aromatic rings. The summed E-state index contributed by atoms with van der Waals surface area (Å²) in [7, 11) is 0. The van der Waals surface area contributed by atoms with E-state index in [2.05, 4.69) is 5.32 Å². The number of halogens is 3. The number of nitrogens with one attached hydrogen (secondary N) is 1. The van der Waals surface area contributed by atoms with E-state index in [-0.39, 0.29) is 17.9 Å². The van der Waals surface area contributed by atoms with Gasteiger partial charge in [-0.3, -0.25) is 9.59 Å². The number of benzene rings is 1. The first-order valence-electron chi connectivity index (χ1n) is 8.13. The van der Waals surface area contributed by atoms with Crippen LogP contribution in [-0.2, 0) is 15.8 Å². The lowest BCUT2D eigenvalue weighted by molar-refractivity contribution is -0.138. The molecular formula is C17H19F3N2O2. The van der Waals surface area contributed by atoms with Crippen LogP contribution in [0.4, 0.5) is 13.2 Å². The summed E-state index contributed by atoms with van der Waals surface area (Å²) in [6.45, 7) is 0.566. The number of likely N-dealkylation sites (tertiary alicyclic amines) is 1. The second-order valence-corrected chi connectivity index (χ2v) is 6.32. The summed E-state index contributed by atoms with van der Waals surface area (Å²) in [5.41, 5.74) is 0.0170. The number of piperidine rings is 1. The van der Waals surface area contributed by atoms with Crippen molar-refractivity contribution in [3.05, 3.63) is 35.4 Å². The number of nitrogens with zero attached hydrogens (tertiary/aromatic N) is 1. The Morgan fingerprint density at radius 2 is 1.83 bits per heavy atom. The van der Waals surface area contributed by atoms with Gasteiger partial charge in [-0.05, 0) is 43.4 Å². The van der Waals surface area contributed by atoms with Gasteiger partial charge in [-0.1, -0.05) is 12.1 Å². The van der Waals surface area contributed by atoms with E-state index in [1.54, 1.807) is 4.90 Å². The third kappa shape index (κ3) is 3.39. The van der Waals surface area contributed by atoms with Gasteiger partial charge in [-0.15, -0.1) is 0 Å². The van der Waals surface area contributed by atoms with Gasteiger partial charge in [-0.2, -0.15) is 13.2 Å². The van der Waals surface area contributed by atoms with E-state index < -0.39 is 17.8 Å². The summed E-state index contributed by atoms with van der Waals surface area (Å²) in [5, 5.41) is 2.67. The summed E-state index contributed by atoms with van der Waals surface area (Å²) >= 11 is 0. The molecule has 0 aromatic heterocycles. The lowest BCUT2D eigenvalue weighted by Crippen LogP contribution is -2.47. The molecule has 0 radical (unpaired) electrons. The Bertz CT molecular complexity index is 628. The van der Waals surface area contributed by atoms with Crippen molar-refractivity contribution in [3.63, 3.8) is 0 Å². The molecule has 0 bridgehead atoms. The molecule has 24 heavy (non-hydrogen) atoms. The number of carbonyl (C=O) groups excluding carboxylic acids is 2. The molecule has 130 valence electrons. The largest absolute Gasteiger partial charge is 0.416 e. The van der Waals surface area contributed by atoms with Gasteiger partial charge in [0.1, 0.15) is 6.04 Å². The van der Waals surface area contributed by atoms with Gasteiger partial charge >= 0.3 is 6.18 Å². The van der Waals surface area contributed by atoms with Crippen LogP contribution in [0.1, 0.15) is 49.3 Å². The summed E-state index contributed by atoms with van der Waals surface area (Å²) in [4.78, 5) is 25.7. The average molecular weight is 340 g/mol. The van der Waals surface area contributed by atoms with Crippen molar-refractivity contribution in [2.75, 3.05) is 6.54 Å². The van der Waals surface area contributed by atoms with Gasteiger partial charge < -0.3 is 10.2 Å². The van der Waals surface area contributed by atoms with Crippen LogP contribution < -0.4 is 5.32 Å². The molecule has 2 saturated heterocycles. The standard InChI is InChI=1S/C17H19F3N2O2/c18-17(19,20)12-6-4-11(5-7-12)14-3-1-2-10-22(14)16(24)13-8-9-15(23)21-13/h4-7,13-14H,1-3,8-10H2,(H,21,23)/t13-,14+/m1/s1. The van der Waals surface area contributed by atoms with E-state index >= 15 is 0 Å². The van der Waals surface area contributed by atoms with Crippen molar-refractivity contribution >= 4 is 11.8 Å². The lowest BCUT2D eigenvalue weighted by Gasteiger charge is -2.37. The van der Waals surface area contributed by atoms with Crippen molar-refractivity contribution in [3.8, 4) is 0 Å². The molecular weight excluding hydrogens is 321 g/mol. The fraction of sp³-hybridized carbons (Fsp3) is 0.529. The smallest absolute Gasteiger partial charge is 0.344 e. The maximum Gasteiger partial charge on any atom is 0.416 e. The van der Waals surface area contributed by atoms with E-state index in [4.69, 9.17) is 0 Å². The van der Waals surface area contributed by atoms with Gasteiger partial charge in [0.15, 0.2) is 0 Å². The molecule has 2 aliphatic heterocycles. The third-order valence-corrected chi connectivity index (χ3v) is 4.70. The second kappa shape index (κ2) is 6.45. The van der Waals surface area contributed by atoms with Crippen molar-refractivity contribution in [2.45, 2.75) is 50.4 Å². The molecule has 2 heterocycles. The van der Waals surface area contributed by atoms with Crippen LogP contribution in [0.5, 0.6) is 0 Å². The van der Waals surface area contributed by atoms with Gasteiger partial charge in [0.05, 0.1) is 11.6 Å². The molecule has 2 fully saturated rings. The first kappa shape index (κ1) is 16.8. The molecule has 2 amide bonds. The Morgan fingerprint density at radius 1 is 1.12 bits per heavy atom. The number of amides is 2. The fourth-order valence-electron chi connectivity index (χ4n) is 3.44. The third-order valence-electron chi connectivity index (χ3n) is 4.70. The zero-order valence-corrected chi connectivity index (χ0v) is 13.1. The normalized spacial score (nSPS) is 24.8. The molecule has 0 saturated carbocycles. The minimum atomic E-state index is -4.37. The predicted molar refractivity (Wildman–Crippen MR) is 80.9 cm³/mol. The van der Waals surface area contributed by atoms with E-state index in [1.165, 1.54) is 12.1 Å². The SMILES string of the molecule is O=C1CC[C@H](C(=O)N2CCCC[C@H]2c2ccc(C(F)(F)F)cc2)N1. The highest BCUT2D eigenvalue weighted by Gasteiger charge is 2.36. The number of hydrogen-bond donors (Lipinski definition) is 1. The Kier molecular flexibility index (Phi) is 4.51. The molecule has 0 unspecified atom stereocenters. The van der Waals surface area contributed by atoms with Crippen molar-refractivity contribution in [1.82, 2.24) is 10.2 Å². The Morgan fingerprint density at radius 3 is 2.42 bits per heavy atom. The number of rotatable bonds is 2. The van der Waals surface area contributed by atoms with Gasteiger partial charge in [0.25, 0.3) is 0 Å². The van der Waals surface area contributed by atoms with Crippen LogP contribution >= 0.6 is 0 Å². The second-order valence-electron chi connectivity index (χ2n) is 6.32. The Hall–Kier alpha value is -2.05. The van der Waals surface area contributed by atoms with E-state index in [0.29, 0.717) is 24.9 Å². The maximum atomic E-state index is 12.7. The van der Waals surface area contributed by atoms with Crippen molar-refractivity contribution in [1.29, 1.82) is 0 Å². The number of hydrogen-bond acceptors (Lipinski definition) is 2. The average Bonchev–Trinajstić information content (AvgIpc) is 3.00. The number of carbonyl (C=O) groups is 2. The fourth-order valence-corrected chi connectivity index (χ4v) is 3.44. The molecule has 1 N–H and O–H groups in total. The lowest BCUT2D eigenvalue weighted by atomic mass is 9.93. The maximum absolute atomic E-state index is 12.7. The summed E-state index contributed by atoms with van der Waals surface area (Å²) in [6, 6.07) is 4.28. The Labute approximate surface area is 138 Å². The van der Waals surface area contributed by atoms with Crippen LogP contribution in [0.25, 0.3) is 0 Å². The zero-order chi connectivity index (χ0) is 17.3. The molecule has 0 spiro atoms. The minimum absolute atomic E-state index is 0.128. The molecule has 1 aromatic carbocycles. The molecule has 7 heteroatoms. The van der Waals surface area contributed by atoms with Crippen LogP contribution in [0.15, 0.2) is 24.3 Å². The summed E-state index contributed by atoms with van der Waals surface area (Å²) < 4.78 is 38.1. The Balaban J connectivity index is 1.79. The highest BCUT2D eigenvalue weighted by Crippen LogP contribution is 2.34. The summed E-state index contributed by atoms with van der Waals surface area (Å²) in [5.74, 6) is -0.262. The van der Waals surface area contributed by atoms with Crippen LogP contribution in [0.3, 0.4) is 0 Å². The zero-order valence-electron chi connectivity index (χ0n) is 13.1. The van der Waals surface area contributed by atoms with E-state index in [1.807, 2.05) is 0 Å². The molecule has 2 atom stereocenters. The topological polar surface area (TPSA) is 49.4 Å². The molecule has 2 aliphatic rings. The van der Waals surface area contributed by atoms with Gasteiger partial charge in [0, 0.05) is 13.0 Å². The first-order chi connectivity index (χ1) is 11.4. The molecule has 0 aliphatic carbocycles. The van der Waals surface area contributed by atoms with Gasteiger partial charge in [-0.25, -0.2) is 0 Å². The summed E-state index contributed by atoms with van der Waals surface area (Å²) in [6.07, 6.45) is -1.04. The quantitative estimate of drug-likeness (QED) is 0.900. The first-order valence-corrected chi connectivity index (χ1v) is 8.13. The molecule has 4 nitrogen and oxygen atoms in total. The van der Waals surface area contributed by atoms with Crippen LogP contribution in [-0.4, -0.2) is 29.3 Å². The van der Waals surface area contributed by atoms with E-state index in [9.17, 15) is 22.8 Å². The highest BCUT2D eigenvalue weighted by atomic mass is 19.4. The van der Waals surface area contributed by atoms with Crippen molar-refractivity contribution in [2.24, 2.45) is 0 Å². The van der Waals surface area contributed by atoms with E-state index in [0.717, 1.165) is 31.4 Å². The number of alkyl halides is 3. The highest BCUT2D eigenvalue weighted by molar-refractivity contribution is 5.91. The van der Waals surface area contributed by atoms with Crippen LogP contribution in [0, 0.1) is 0 Å². The monoisotopic (exact) mass is 340 g/mol. The van der Waals surface area contributed by atoms with Gasteiger partial charge in [0.2, 0.25) is 11.8 Å².